The fourth-order valence-electron chi connectivity index (χ4n) is 1.75. The molecule has 0 saturated carbocycles. The highest BCUT2D eigenvalue weighted by atomic mass is 32.1. The highest BCUT2D eigenvalue weighted by Crippen LogP contribution is 2.18. The van der Waals surface area contributed by atoms with E-state index in [9.17, 15) is 4.79 Å². The van der Waals surface area contributed by atoms with Crippen molar-refractivity contribution in [2.45, 2.75) is 20.0 Å². The van der Waals surface area contributed by atoms with Crippen LogP contribution < -0.4 is 10.1 Å². The predicted molar refractivity (Wildman–Crippen MR) is 65.7 cm³/mol. The van der Waals surface area contributed by atoms with Crippen molar-refractivity contribution >= 4 is 17.2 Å². The zero-order valence-electron chi connectivity index (χ0n) is 9.84. The van der Waals surface area contributed by atoms with E-state index >= 15 is 0 Å². The maximum atomic E-state index is 11.9. The Morgan fingerprint density at radius 1 is 1.67 bits per heavy atom. The number of aryl methyl sites for hydroxylation is 1. The van der Waals surface area contributed by atoms with Crippen LogP contribution in [-0.4, -0.2) is 27.3 Å². The van der Waals surface area contributed by atoms with Gasteiger partial charge in [0.2, 0.25) is 5.88 Å². The van der Waals surface area contributed by atoms with Crippen LogP contribution in [0.5, 0.6) is 5.88 Å². The maximum absolute atomic E-state index is 11.9. The topological polar surface area (TPSA) is 69.0 Å². The summed E-state index contributed by atoms with van der Waals surface area (Å²) < 4.78 is 7.00. The molecule has 0 radical (unpaired) electrons. The summed E-state index contributed by atoms with van der Waals surface area (Å²) in [5, 5.41) is 9.82. The largest absolute Gasteiger partial charge is 0.476 e. The van der Waals surface area contributed by atoms with E-state index in [1.165, 1.54) is 11.3 Å². The van der Waals surface area contributed by atoms with E-state index in [-0.39, 0.29) is 5.91 Å². The second-order valence-electron chi connectivity index (χ2n) is 4.00. The molecule has 0 atom stereocenters. The molecule has 0 unspecified atom stereocenters. The molecule has 1 amide bonds. The Bertz CT molecular complexity index is 568. The monoisotopic (exact) mass is 264 g/mol. The van der Waals surface area contributed by atoms with Gasteiger partial charge < -0.3 is 10.1 Å². The van der Waals surface area contributed by atoms with E-state index in [2.05, 4.69) is 15.4 Å². The van der Waals surface area contributed by atoms with Crippen LogP contribution in [0.4, 0.5) is 0 Å². The van der Waals surface area contributed by atoms with E-state index in [1.807, 2.05) is 12.3 Å². The first-order valence-electron chi connectivity index (χ1n) is 5.62. The second kappa shape index (κ2) is 4.41. The number of hydrogen-bond acceptors (Lipinski definition) is 5. The van der Waals surface area contributed by atoms with Crippen LogP contribution in [0.25, 0.3) is 0 Å². The lowest BCUT2D eigenvalue weighted by atomic mass is 10.4. The van der Waals surface area contributed by atoms with E-state index in [1.54, 1.807) is 10.7 Å². The summed E-state index contributed by atoms with van der Waals surface area (Å²) in [6.45, 7) is 3.69. The van der Waals surface area contributed by atoms with Crippen molar-refractivity contribution in [2.24, 2.45) is 0 Å². The van der Waals surface area contributed by atoms with Crippen LogP contribution in [0.3, 0.4) is 0 Å². The molecule has 94 valence electrons. The minimum Gasteiger partial charge on any atom is -0.476 e. The van der Waals surface area contributed by atoms with Gasteiger partial charge in [0.1, 0.15) is 11.6 Å². The van der Waals surface area contributed by atoms with Gasteiger partial charge in [0, 0.05) is 17.1 Å². The third kappa shape index (κ3) is 2.08. The molecule has 0 aliphatic carbocycles. The smallest absolute Gasteiger partial charge is 0.272 e. The fraction of sp³-hybridized carbons (Fsp3) is 0.364. The van der Waals surface area contributed by atoms with Crippen molar-refractivity contribution in [1.29, 1.82) is 0 Å². The zero-order chi connectivity index (χ0) is 12.5. The summed E-state index contributed by atoms with van der Waals surface area (Å²) in [6.07, 6.45) is 0. The van der Waals surface area contributed by atoms with Crippen molar-refractivity contribution in [3.8, 4) is 5.88 Å². The van der Waals surface area contributed by atoms with Crippen LogP contribution in [-0.2, 0) is 13.1 Å². The third-order valence-electron chi connectivity index (χ3n) is 2.60. The molecule has 7 heteroatoms. The number of thiazole rings is 1. The minimum absolute atomic E-state index is 0.201. The molecule has 2 aromatic heterocycles. The van der Waals surface area contributed by atoms with Gasteiger partial charge in [-0.2, -0.15) is 5.10 Å². The van der Waals surface area contributed by atoms with E-state index < -0.39 is 0 Å². The van der Waals surface area contributed by atoms with Gasteiger partial charge in [-0.25, -0.2) is 9.67 Å². The Hall–Kier alpha value is -1.89. The molecular weight excluding hydrogens is 252 g/mol. The van der Waals surface area contributed by atoms with Crippen molar-refractivity contribution in [2.75, 3.05) is 6.61 Å². The summed E-state index contributed by atoms with van der Waals surface area (Å²) in [5.74, 6) is 0.457. The number of aromatic nitrogens is 3. The van der Waals surface area contributed by atoms with Crippen LogP contribution in [0.1, 0.15) is 21.2 Å². The average Bonchev–Trinajstić information content (AvgIpc) is 3.00. The number of nitrogens with zero attached hydrogens (tertiary/aromatic N) is 3. The molecule has 0 aromatic carbocycles. The third-order valence-corrected chi connectivity index (χ3v) is 3.56. The molecule has 3 rings (SSSR count). The molecule has 2 aromatic rings. The zero-order valence-corrected chi connectivity index (χ0v) is 10.7. The summed E-state index contributed by atoms with van der Waals surface area (Å²) in [5.41, 5.74) is 1.36. The normalized spacial score (nSPS) is 13.2. The van der Waals surface area contributed by atoms with E-state index in [0.717, 1.165) is 10.7 Å². The van der Waals surface area contributed by atoms with Gasteiger partial charge in [-0.3, -0.25) is 4.79 Å². The van der Waals surface area contributed by atoms with Gasteiger partial charge in [0.25, 0.3) is 5.91 Å². The van der Waals surface area contributed by atoms with Gasteiger partial charge in [-0.15, -0.1) is 11.3 Å². The van der Waals surface area contributed by atoms with Crippen molar-refractivity contribution < 1.29 is 9.53 Å². The van der Waals surface area contributed by atoms with Gasteiger partial charge in [-0.05, 0) is 6.92 Å². The lowest BCUT2D eigenvalue weighted by molar-refractivity contribution is 0.0944. The van der Waals surface area contributed by atoms with Gasteiger partial charge in [0.05, 0.1) is 13.1 Å². The first-order valence-corrected chi connectivity index (χ1v) is 6.50. The first-order chi connectivity index (χ1) is 8.72. The van der Waals surface area contributed by atoms with Gasteiger partial charge >= 0.3 is 0 Å². The molecule has 18 heavy (non-hydrogen) atoms. The average molecular weight is 264 g/mol. The Labute approximate surface area is 108 Å². The van der Waals surface area contributed by atoms with Gasteiger partial charge in [0.15, 0.2) is 5.69 Å². The molecule has 0 fully saturated rings. The van der Waals surface area contributed by atoms with E-state index in [0.29, 0.717) is 31.3 Å². The van der Waals surface area contributed by atoms with E-state index in [4.69, 9.17) is 4.74 Å². The maximum Gasteiger partial charge on any atom is 0.272 e. The number of amides is 1. The molecule has 1 aliphatic rings. The highest BCUT2D eigenvalue weighted by Gasteiger charge is 2.18. The first kappa shape index (κ1) is 11.2. The minimum atomic E-state index is -0.201. The van der Waals surface area contributed by atoms with Gasteiger partial charge in [-0.1, -0.05) is 0 Å². The number of carbonyl (C=O) groups is 1. The Balaban J connectivity index is 1.64. The lowest BCUT2D eigenvalue weighted by Gasteiger charge is -1.99. The lowest BCUT2D eigenvalue weighted by Crippen LogP contribution is -2.23. The highest BCUT2D eigenvalue weighted by molar-refractivity contribution is 7.09. The quantitative estimate of drug-likeness (QED) is 0.897. The summed E-state index contributed by atoms with van der Waals surface area (Å²) in [7, 11) is 0. The number of fused-ring (bicyclic) bond motifs is 1. The van der Waals surface area contributed by atoms with Crippen molar-refractivity contribution in [3.63, 3.8) is 0 Å². The van der Waals surface area contributed by atoms with Crippen LogP contribution in [0.2, 0.25) is 0 Å². The Kier molecular flexibility index (Phi) is 2.75. The predicted octanol–water partition coefficient (Wildman–Crippen LogP) is 0.970. The molecular formula is C11H12N4O2S. The molecule has 1 N–H and O–H groups in total. The number of carbonyl (C=O) groups excluding carboxylic acids is 1. The summed E-state index contributed by atoms with van der Waals surface area (Å²) in [4.78, 5) is 16.1. The van der Waals surface area contributed by atoms with Crippen LogP contribution >= 0.6 is 11.3 Å². The van der Waals surface area contributed by atoms with Crippen molar-refractivity contribution in [3.05, 3.63) is 27.8 Å². The summed E-state index contributed by atoms with van der Waals surface area (Å²) >= 11 is 1.53. The fourth-order valence-corrected chi connectivity index (χ4v) is 2.47. The molecule has 0 bridgehead atoms. The number of nitrogens with one attached hydrogen (secondary N) is 1. The molecule has 1 aliphatic heterocycles. The molecule has 0 saturated heterocycles. The molecule has 6 nitrogen and oxygen atoms in total. The second-order valence-corrected chi connectivity index (χ2v) is 4.95. The Morgan fingerprint density at radius 3 is 3.28 bits per heavy atom. The molecule has 3 heterocycles. The Morgan fingerprint density at radius 2 is 2.56 bits per heavy atom. The number of hydrogen-bond donors (Lipinski definition) is 1. The van der Waals surface area contributed by atoms with Crippen LogP contribution in [0.15, 0.2) is 11.4 Å². The standard InChI is InChI=1S/C11H12N4O2S/c1-7-6-18-9(13-7)5-12-11(16)8-4-10-15(14-8)2-3-17-10/h4,6H,2-3,5H2,1H3,(H,12,16). The SMILES string of the molecule is Cc1csc(CNC(=O)c2cc3n(n2)CCO3)n1. The summed E-state index contributed by atoms with van der Waals surface area (Å²) in [6, 6.07) is 1.66. The van der Waals surface area contributed by atoms with Crippen LogP contribution in [0, 0.1) is 6.92 Å². The molecule has 0 spiro atoms. The number of ether oxygens (including phenoxy) is 1. The van der Waals surface area contributed by atoms with Crippen molar-refractivity contribution in [1.82, 2.24) is 20.1 Å². The number of rotatable bonds is 3.